The number of hydrogen-bond donors (Lipinski definition) is 2. The van der Waals surface area contributed by atoms with Crippen LogP contribution in [0.15, 0.2) is 36.8 Å². The molecular formula is C24H30N6O3. The minimum atomic E-state index is -2.06. The van der Waals surface area contributed by atoms with Crippen molar-refractivity contribution in [2.24, 2.45) is 0 Å². The molecule has 0 amide bonds. The average molecular weight is 454 g/mol. The van der Waals surface area contributed by atoms with Crippen molar-refractivity contribution in [1.29, 1.82) is 0 Å². The number of rotatable bonds is 5. The average Bonchev–Trinajstić information content (AvgIpc) is 3.50. The summed E-state index contributed by atoms with van der Waals surface area (Å²) in [4.78, 5) is 10.4. The van der Waals surface area contributed by atoms with E-state index in [1.165, 1.54) is 4.90 Å². The molecule has 9 heteroatoms. The van der Waals surface area contributed by atoms with Crippen molar-refractivity contribution in [3.05, 3.63) is 47.9 Å². The Morgan fingerprint density at radius 3 is 2.88 bits per heavy atom. The number of nitrogens with two attached hydrogens (primary N) is 1. The number of nitrogens with zero attached hydrogens (tertiary/aromatic N) is 5. The van der Waals surface area contributed by atoms with Gasteiger partial charge in [0.2, 0.25) is 0 Å². The second kappa shape index (κ2) is 8.74. The second-order valence-corrected chi connectivity index (χ2v) is 8.84. The summed E-state index contributed by atoms with van der Waals surface area (Å²) in [5.41, 5.74) is 8.16. The highest BCUT2D eigenvalue weighted by molar-refractivity contribution is 5.63. The van der Waals surface area contributed by atoms with Crippen molar-refractivity contribution in [3.63, 3.8) is 0 Å². The molecule has 1 unspecified atom stereocenters. The van der Waals surface area contributed by atoms with Crippen LogP contribution < -0.4 is 10.5 Å². The number of aromatic nitrogens is 4. The maximum atomic E-state index is 11.0. The molecule has 2 saturated heterocycles. The van der Waals surface area contributed by atoms with Crippen LogP contribution in [-0.2, 0) is 10.3 Å². The predicted molar refractivity (Wildman–Crippen MR) is 124 cm³/mol. The van der Waals surface area contributed by atoms with Crippen molar-refractivity contribution in [1.82, 2.24) is 24.6 Å². The maximum absolute atomic E-state index is 11.0. The predicted octanol–water partition coefficient (Wildman–Crippen LogP) is 2.90. The molecule has 4 heterocycles. The number of aryl methyl sites for hydroxylation is 1. The molecule has 0 aliphatic carbocycles. The smallest absolute Gasteiger partial charge is 0.263 e. The number of aliphatic hydroxyl groups is 1. The number of piperidine rings is 1. The van der Waals surface area contributed by atoms with E-state index in [1.54, 1.807) is 23.3 Å². The van der Waals surface area contributed by atoms with Crippen molar-refractivity contribution < 1.29 is 18.7 Å². The quantitative estimate of drug-likeness (QED) is 0.607. The van der Waals surface area contributed by atoms with Gasteiger partial charge in [0.15, 0.2) is 11.6 Å². The van der Waals surface area contributed by atoms with Crippen LogP contribution in [0, 0.1) is 6.92 Å². The van der Waals surface area contributed by atoms with E-state index >= 15 is 0 Å². The van der Waals surface area contributed by atoms with Gasteiger partial charge in [-0.2, -0.15) is 5.10 Å². The van der Waals surface area contributed by atoms with Crippen LogP contribution >= 0.6 is 0 Å². The summed E-state index contributed by atoms with van der Waals surface area (Å²) in [6.45, 7) is 1.65. The fraction of sp³-hybridized carbons (Fsp3) is 0.458. The molecule has 33 heavy (non-hydrogen) atoms. The Kier molecular flexibility index (Phi) is 4.88. The number of nitrogen functional groups attached to an aromatic ring is 1. The Morgan fingerprint density at radius 1 is 1.27 bits per heavy atom. The first kappa shape index (κ1) is 18.4. The van der Waals surface area contributed by atoms with Gasteiger partial charge >= 0.3 is 0 Å². The highest BCUT2D eigenvalue weighted by Gasteiger charge is 2.34. The molecule has 174 valence electrons. The number of hydrogen-bond acceptors (Lipinski definition) is 8. The third-order valence-corrected chi connectivity index (χ3v) is 6.31. The van der Waals surface area contributed by atoms with Gasteiger partial charge in [-0.3, -0.25) is 4.68 Å². The fourth-order valence-electron chi connectivity index (χ4n) is 4.39. The lowest BCUT2D eigenvalue weighted by atomic mass is 9.90. The van der Waals surface area contributed by atoms with Gasteiger partial charge < -0.3 is 25.2 Å². The van der Waals surface area contributed by atoms with Gasteiger partial charge in [-0.1, -0.05) is 11.6 Å². The lowest BCUT2D eigenvalue weighted by Gasteiger charge is -2.28. The lowest BCUT2D eigenvalue weighted by molar-refractivity contribution is 0.0232. The van der Waals surface area contributed by atoms with E-state index in [1.807, 2.05) is 25.1 Å². The molecule has 2 aliphatic heterocycles. The molecule has 3 aromatic rings. The number of anilines is 1. The van der Waals surface area contributed by atoms with Crippen LogP contribution in [0.25, 0.3) is 11.3 Å². The Labute approximate surface area is 197 Å². The van der Waals surface area contributed by atoms with E-state index in [2.05, 4.69) is 15.1 Å². The molecule has 0 spiro atoms. The van der Waals surface area contributed by atoms with E-state index in [9.17, 15) is 5.11 Å². The Morgan fingerprint density at radius 2 is 2.12 bits per heavy atom. The molecule has 3 N–H and O–H groups in total. The van der Waals surface area contributed by atoms with Crippen molar-refractivity contribution in [3.8, 4) is 22.9 Å². The molecule has 5 rings (SSSR count). The summed E-state index contributed by atoms with van der Waals surface area (Å²) in [5, 5.41) is 15.4. The van der Waals surface area contributed by atoms with E-state index in [0.717, 1.165) is 16.7 Å². The summed E-state index contributed by atoms with van der Waals surface area (Å²) >= 11 is 0. The minimum Gasteiger partial charge on any atom is -0.433 e. The number of benzene rings is 1. The first-order chi connectivity index (χ1) is 17.1. The van der Waals surface area contributed by atoms with Gasteiger partial charge in [0.05, 0.1) is 36.9 Å². The molecule has 0 saturated carbocycles. The van der Waals surface area contributed by atoms with Gasteiger partial charge in [0.1, 0.15) is 5.60 Å². The molecular weight excluding hydrogens is 420 g/mol. The Hall–Kier alpha value is -3.01. The number of likely N-dealkylation sites (tertiary alicyclic amines) is 1. The molecule has 2 aliphatic rings. The zero-order chi connectivity index (χ0) is 25.5. The minimum absolute atomic E-state index is 0.0896. The maximum Gasteiger partial charge on any atom is 0.263 e. The van der Waals surface area contributed by atoms with Gasteiger partial charge in [-0.25, -0.2) is 9.97 Å². The van der Waals surface area contributed by atoms with Crippen molar-refractivity contribution >= 4 is 5.82 Å². The van der Waals surface area contributed by atoms with E-state index in [4.69, 9.17) is 19.3 Å². The summed E-state index contributed by atoms with van der Waals surface area (Å²) in [6.07, 6.45) is 6.84. The normalized spacial score (nSPS) is 23.8. The van der Waals surface area contributed by atoms with Crippen LogP contribution in [0.5, 0.6) is 11.6 Å². The lowest BCUT2D eigenvalue weighted by Crippen LogP contribution is -2.31. The van der Waals surface area contributed by atoms with Crippen molar-refractivity contribution in [2.45, 2.75) is 37.8 Å². The molecule has 2 fully saturated rings. The first-order valence-corrected chi connectivity index (χ1v) is 11.1. The zero-order valence-electron chi connectivity index (χ0n) is 21.6. The topological polar surface area (TPSA) is 112 Å². The summed E-state index contributed by atoms with van der Waals surface area (Å²) < 4.78 is 35.9. The molecule has 2 aromatic heterocycles. The molecule has 0 radical (unpaired) electrons. The summed E-state index contributed by atoms with van der Waals surface area (Å²) in [7, 11) is 0. The Bertz CT molecular complexity index is 1230. The molecule has 1 atom stereocenters. The van der Waals surface area contributed by atoms with Gasteiger partial charge in [0, 0.05) is 22.7 Å². The summed E-state index contributed by atoms with van der Waals surface area (Å²) in [6, 6.07) is 5.91. The van der Waals surface area contributed by atoms with Gasteiger partial charge in [0.25, 0.3) is 5.88 Å². The van der Waals surface area contributed by atoms with Gasteiger partial charge in [-0.05, 0) is 57.5 Å². The van der Waals surface area contributed by atoms with Crippen LogP contribution in [-0.4, -0.2) is 63.0 Å². The monoisotopic (exact) mass is 453 g/mol. The standard InChI is InChI=1S/C24H30N6O3/c1-16-9-17(11-18(10-16)24(31)5-8-32-15-24)21-13-26-22(25)23(28-21)33-20-12-27-30(14-20)19-3-6-29(2)7-4-19/h9-14,19,31H,3-8,15H2,1-2H3,(H2,25,26)/i2D3. The van der Waals surface area contributed by atoms with Crippen LogP contribution in [0.4, 0.5) is 5.82 Å². The highest BCUT2D eigenvalue weighted by Crippen LogP contribution is 2.34. The third-order valence-electron chi connectivity index (χ3n) is 6.31. The van der Waals surface area contributed by atoms with Gasteiger partial charge in [-0.15, -0.1) is 0 Å². The largest absolute Gasteiger partial charge is 0.433 e. The Balaban J connectivity index is 1.33. The third kappa shape index (κ3) is 4.57. The summed E-state index contributed by atoms with van der Waals surface area (Å²) in [5.74, 6) is 0.775. The first-order valence-electron chi connectivity index (χ1n) is 12.6. The molecule has 1 aromatic carbocycles. The van der Waals surface area contributed by atoms with E-state index in [0.29, 0.717) is 50.4 Å². The SMILES string of the molecule is [2H]C([2H])([2H])N1CCC(n2cc(Oc3nc(-c4cc(C)cc(C5(O)CCOC5)c4)cnc3N)cn2)CC1. The van der Waals surface area contributed by atoms with Crippen LogP contribution in [0.2, 0.25) is 0 Å². The number of ether oxygens (including phenoxy) is 2. The van der Waals surface area contributed by atoms with Crippen molar-refractivity contribution in [2.75, 3.05) is 39.0 Å². The second-order valence-electron chi connectivity index (χ2n) is 8.84. The molecule has 0 bridgehead atoms. The van der Waals surface area contributed by atoms with Crippen LogP contribution in [0.3, 0.4) is 0 Å². The van der Waals surface area contributed by atoms with E-state index in [-0.39, 0.29) is 24.3 Å². The zero-order valence-corrected chi connectivity index (χ0v) is 18.6. The highest BCUT2D eigenvalue weighted by atomic mass is 16.5. The van der Waals surface area contributed by atoms with E-state index < -0.39 is 12.6 Å². The fourth-order valence-corrected chi connectivity index (χ4v) is 4.39. The molecule has 9 nitrogen and oxygen atoms in total. The van der Waals surface area contributed by atoms with Crippen LogP contribution in [0.1, 0.15) is 40.5 Å².